The van der Waals surface area contributed by atoms with Crippen LogP contribution in [-0.4, -0.2) is 53.3 Å². The maximum absolute atomic E-state index is 13.0. The largest absolute Gasteiger partial charge is 0.382 e. The van der Waals surface area contributed by atoms with Gasteiger partial charge in [-0.2, -0.15) is 0 Å². The number of benzene rings is 1. The van der Waals surface area contributed by atoms with Crippen molar-refractivity contribution in [3.8, 4) is 0 Å². The summed E-state index contributed by atoms with van der Waals surface area (Å²) in [5, 5.41) is 11.3. The minimum atomic E-state index is -0.164. The third kappa shape index (κ3) is 3.70. The highest BCUT2D eigenvalue weighted by atomic mass is 16.5. The number of carbonyl (C=O) groups is 1. The first-order chi connectivity index (χ1) is 14.0. The van der Waals surface area contributed by atoms with E-state index in [1.807, 2.05) is 48.4 Å². The van der Waals surface area contributed by atoms with Crippen LogP contribution in [0.2, 0.25) is 0 Å². The lowest BCUT2D eigenvalue weighted by Crippen LogP contribution is -2.72. The Morgan fingerprint density at radius 2 is 2.34 bits per heavy atom. The van der Waals surface area contributed by atoms with E-state index in [1.165, 1.54) is 0 Å². The number of methoxy groups -OCH3 is 1. The van der Waals surface area contributed by atoms with Crippen molar-refractivity contribution in [2.75, 3.05) is 19.0 Å². The predicted molar refractivity (Wildman–Crippen MR) is 114 cm³/mol. The minimum Gasteiger partial charge on any atom is -0.382 e. The third-order valence-corrected chi connectivity index (χ3v) is 6.00. The Morgan fingerprint density at radius 3 is 3.07 bits per heavy atom. The van der Waals surface area contributed by atoms with E-state index in [0.717, 1.165) is 36.9 Å². The van der Waals surface area contributed by atoms with Crippen LogP contribution in [0.15, 0.2) is 41.5 Å². The highest BCUT2D eigenvalue weighted by Crippen LogP contribution is 2.47. The van der Waals surface area contributed by atoms with Gasteiger partial charge in [0.05, 0.1) is 24.1 Å². The number of nitrogens with zero attached hydrogens (tertiary/aromatic N) is 2. The Morgan fingerprint density at radius 1 is 1.48 bits per heavy atom. The molecular formula is C22H27N5O2. The van der Waals surface area contributed by atoms with Crippen LogP contribution in [0.5, 0.6) is 0 Å². The summed E-state index contributed by atoms with van der Waals surface area (Å²) in [7, 11) is 1.69. The highest BCUT2D eigenvalue weighted by molar-refractivity contribution is 6.05. The zero-order valence-electron chi connectivity index (χ0n) is 16.9. The zero-order valence-corrected chi connectivity index (χ0v) is 16.9. The molecule has 7 heteroatoms. The Labute approximate surface area is 170 Å². The third-order valence-electron chi connectivity index (χ3n) is 6.00. The van der Waals surface area contributed by atoms with Crippen molar-refractivity contribution in [1.82, 2.24) is 9.88 Å². The van der Waals surface area contributed by atoms with Crippen LogP contribution >= 0.6 is 0 Å². The topological polar surface area (TPSA) is 93.6 Å². The van der Waals surface area contributed by atoms with E-state index >= 15 is 0 Å². The molecule has 152 valence electrons. The number of aromatic amines is 1. The van der Waals surface area contributed by atoms with Gasteiger partial charge in [-0.3, -0.25) is 5.41 Å². The van der Waals surface area contributed by atoms with Gasteiger partial charge in [-0.1, -0.05) is 6.07 Å². The molecule has 3 N–H and O–H groups in total. The Kier molecular flexibility index (Phi) is 5.24. The van der Waals surface area contributed by atoms with Crippen LogP contribution in [0.3, 0.4) is 0 Å². The van der Waals surface area contributed by atoms with Crippen LogP contribution in [0.4, 0.5) is 10.5 Å². The molecule has 4 rings (SSSR count). The SMILES string of the molecule is COCC12CCCC(C1)N2C(=O)Nc1ccc(C)c(C(=N)N=Cc2ccc[nH]2)c1. The van der Waals surface area contributed by atoms with Crippen molar-refractivity contribution in [2.45, 2.75) is 44.2 Å². The van der Waals surface area contributed by atoms with Crippen molar-refractivity contribution in [1.29, 1.82) is 5.41 Å². The van der Waals surface area contributed by atoms with E-state index in [9.17, 15) is 4.79 Å². The van der Waals surface area contributed by atoms with E-state index in [0.29, 0.717) is 23.9 Å². The fraction of sp³-hybridized carbons (Fsp3) is 0.409. The van der Waals surface area contributed by atoms with Crippen molar-refractivity contribution in [2.24, 2.45) is 4.99 Å². The van der Waals surface area contributed by atoms with Gasteiger partial charge in [-0.25, -0.2) is 9.79 Å². The normalized spacial score (nSPS) is 23.1. The van der Waals surface area contributed by atoms with Crippen molar-refractivity contribution in [3.05, 3.63) is 53.3 Å². The molecule has 1 aromatic carbocycles. The number of amidine groups is 1. The number of rotatable bonds is 5. The number of likely N-dealkylation sites (tertiary alicyclic amines) is 1. The van der Waals surface area contributed by atoms with Gasteiger partial charge < -0.3 is 19.9 Å². The average Bonchev–Trinajstić information content (AvgIpc) is 3.21. The molecule has 2 heterocycles. The summed E-state index contributed by atoms with van der Waals surface area (Å²) in [5.41, 5.74) is 2.98. The number of hydrogen-bond donors (Lipinski definition) is 3. The molecular weight excluding hydrogens is 366 g/mol. The average molecular weight is 393 g/mol. The van der Waals surface area contributed by atoms with Gasteiger partial charge in [0, 0.05) is 30.6 Å². The van der Waals surface area contributed by atoms with Gasteiger partial charge in [0.15, 0.2) is 5.84 Å². The minimum absolute atomic E-state index is 0.0887. The molecule has 1 saturated carbocycles. The Bertz CT molecular complexity index is 927. The van der Waals surface area contributed by atoms with Gasteiger partial charge in [-0.15, -0.1) is 0 Å². The quantitative estimate of drug-likeness (QED) is 0.530. The molecule has 2 aliphatic rings. The molecule has 1 saturated heterocycles. The summed E-state index contributed by atoms with van der Waals surface area (Å²) in [6.45, 7) is 2.52. The standard InChI is InChI=1S/C22H27N5O2/c1-15-7-8-16(11-19(15)20(23)25-13-17-5-4-10-24-17)26-21(28)27-18-6-3-9-22(27,12-18)14-29-2/h4-5,7-8,10-11,13,18,23-24H,3,6,9,12,14H2,1-2H3,(H,26,28). The lowest BCUT2D eigenvalue weighted by Gasteiger charge is -2.61. The van der Waals surface area contributed by atoms with Gasteiger partial charge in [0.25, 0.3) is 0 Å². The molecule has 2 aromatic rings. The first kappa shape index (κ1) is 19.4. The smallest absolute Gasteiger partial charge is 0.322 e. The van der Waals surface area contributed by atoms with Gasteiger partial charge >= 0.3 is 6.03 Å². The number of urea groups is 1. The number of anilines is 1. The molecule has 1 aliphatic heterocycles. The number of amides is 2. The molecule has 29 heavy (non-hydrogen) atoms. The van der Waals surface area contributed by atoms with Crippen molar-refractivity contribution < 1.29 is 9.53 Å². The van der Waals surface area contributed by atoms with Gasteiger partial charge in [0.2, 0.25) is 0 Å². The number of nitrogens with one attached hydrogen (secondary N) is 3. The summed E-state index contributed by atoms with van der Waals surface area (Å²) in [5.74, 6) is 0.157. The molecule has 2 bridgehead atoms. The fourth-order valence-electron chi connectivity index (χ4n) is 4.64. The van der Waals surface area contributed by atoms with E-state index in [1.54, 1.807) is 13.3 Å². The number of piperidine rings is 1. The number of aliphatic imine (C=N–C) groups is 1. The number of H-pyrrole nitrogens is 1. The van der Waals surface area contributed by atoms with E-state index in [-0.39, 0.29) is 17.4 Å². The molecule has 0 radical (unpaired) electrons. The van der Waals surface area contributed by atoms with E-state index in [4.69, 9.17) is 10.1 Å². The van der Waals surface area contributed by atoms with Crippen molar-refractivity contribution >= 4 is 23.8 Å². The molecule has 2 fully saturated rings. The Balaban J connectivity index is 1.49. The maximum atomic E-state index is 13.0. The maximum Gasteiger partial charge on any atom is 0.322 e. The predicted octanol–water partition coefficient (Wildman–Crippen LogP) is 3.94. The number of aromatic nitrogens is 1. The molecule has 2 amide bonds. The van der Waals surface area contributed by atoms with Gasteiger partial charge in [0.1, 0.15) is 0 Å². The second kappa shape index (κ2) is 7.83. The molecule has 2 atom stereocenters. The second-order valence-corrected chi connectivity index (χ2v) is 7.97. The summed E-state index contributed by atoms with van der Waals surface area (Å²) < 4.78 is 5.41. The Hall–Kier alpha value is -2.93. The van der Waals surface area contributed by atoms with E-state index in [2.05, 4.69) is 15.3 Å². The first-order valence-corrected chi connectivity index (χ1v) is 9.99. The van der Waals surface area contributed by atoms with Crippen LogP contribution < -0.4 is 5.32 Å². The van der Waals surface area contributed by atoms with E-state index < -0.39 is 0 Å². The van der Waals surface area contributed by atoms with Crippen molar-refractivity contribution in [3.63, 3.8) is 0 Å². The van der Waals surface area contributed by atoms with Crippen LogP contribution in [0.1, 0.15) is 42.5 Å². The summed E-state index contributed by atoms with van der Waals surface area (Å²) >= 11 is 0. The molecule has 0 spiro atoms. The summed E-state index contributed by atoms with van der Waals surface area (Å²) in [4.78, 5) is 22.3. The van der Waals surface area contributed by atoms with Crippen LogP contribution in [-0.2, 0) is 4.74 Å². The number of aryl methyl sites for hydroxylation is 1. The molecule has 1 aliphatic carbocycles. The lowest BCUT2D eigenvalue weighted by molar-refractivity contribution is -0.106. The second-order valence-electron chi connectivity index (χ2n) is 7.97. The fourth-order valence-corrected chi connectivity index (χ4v) is 4.64. The monoisotopic (exact) mass is 393 g/mol. The van der Waals surface area contributed by atoms with Gasteiger partial charge in [-0.05, 0) is 62.4 Å². The number of fused-ring (bicyclic) bond motifs is 2. The summed E-state index contributed by atoms with van der Waals surface area (Å²) in [6, 6.07) is 9.58. The summed E-state index contributed by atoms with van der Waals surface area (Å²) in [6.07, 6.45) is 7.64. The number of carbonyl (C=O) groups excluding carboxylic acids is 1. The van der Waals surface area contributed by atoms with Crippen LogP contribution in [0, 0.1) is 12.3 Å². The highest BCUT2D eigenvalue weighted by Gasteiger charge is 2.56. The lowest BCUT2D eigenvalue weighted by atomic mass is 9.68. The number of hydrogen-bond acceptors (Lipinski definition) is 3. The first-order valence-electron chi connectivity index (χ1n) is 9.99. The molecule has 2 unspecified atom stereocenters. The zero-order chi connectivity index (χ0) is 20.4. The number of ether oxygens (including phenoxy) is 1. The molecule has 1 aromatic heterocycles. The molecule has 7 nitrogen and oxygen atoms in total. The van der Waals surface area contributed by atoms with Crippen LogP contribution in [0.25, 0.3) is 0 Å².